The Balaban J connectivity index is 1.37. The number of aromatic nitrogens is 3. The fraction of sp³-hybridized carbons (Fsp3) is 0.476. The lowest BCUT2D eigenvalue weighted by atomic mass is 9.95. The highest BCUT2D eigenvalue weighted by molar-refractivity contribution is 7.89. The summed E-state index contributed by atoms with van der Waals surface area (Å²) in [5.41, 5.74) is -1.54. The van der Waals surface area contributed by atoms with Crippen LogP contribution < -0.4 is 15.4 Å². The van der Waals surface area contributed by atoms with E-state index in [-0.39, 0.29) is 25.6 Å². The summed E-state index contributed by atoms with van der Waals surface area (Å²) in [6.07, 6.45) is 6.50. The molecule has 0 radical (unpaired) electrons. The predicted molar refractivity (Wildman–Crippen MR) is 123 cm³/mol. The second-order valence-corrected chi connectivity index (χ2v) is 10.7. The van der Waals surface area contributed by atoms with Crippen molar-refractivity contribution in [3.63, 3.8) is 0 Å². The molecule has 2 N–H and O–H groups in total. The van der Waals surface area contributed by atoms with E-state index in [1.165, 1.54) is 10.5 Å². The number of sulfonamides is 1. The minimum absolute atomic E-state index is 0.143. The first-order valence-electron chi connectivity index (χ1n) is 10.9. The van der Waals surface area contributed by atoms with Gasteiger partial charge in [-0.15, -0.1) is 0 Å². The van der Waals surface area contributed by atoms with Gasteiger partial charge in [-0.3, -0.25) is 10.1 Å². The maximum atomic E-state index is 13.2. The van der Waals surface area contributed by atoms with Gasteiger partial charge in [0.15, 0.2) is 0 Å². The molecule has 1 atom stereocenters. The van der Waals surface area contributed by atoms with Crippen molar-refractivity contribution in [2.75, 3.05) is 18.8 Å². The van der Waals surface area contributed by atoms with Crippen LogP contribution in [0.25, 0.3) is 0 Å². The Hall–Kier alpha value is -2.83. The molecule has 2 aromatic rings. The number of piperidine rings is 1. The van der Waals surface area contributed by atoms with E-state index in [0.717, 1.165) is 0 Å². The zero-order valence-electron chi connectivity index (χ0n) is 18.3. The van der Waals surface area contributed by atoms with Gasteiger partial charge in [0.05, 0.1) is 10.8 Å². The average Bonchev–Trinajstić information content (AvgIpc) is 3.08. The van der Waals surface area contributed by atoms with Crippen molar-refractivity contribution in [3.8, 4) is 5.88 Å². The van der Waals surface area contributed by atoms with Crippen molar-refractivity contribution in [2.24, 2.45) is 0 Å². The maximum Gasteiger partial charge on any atom is 0.322 e. The number of aryl methyl sites for hydroxylation is 1. The number of urea groups is 1. The number of nitrogens with zero attached hydrogens (tertiary/aromatic N) is 4. The second kappa shape index (κ2) is 10.2. The third kappa shape index (κ3) is 5.80. The normalized spacial score (nSPS) is 21.8. The number of imide groups is 1. The van der Waals surface area contributed by atoms with E-state index in [1.807, 2.05) is 0 Å². The molecule has 0 aliphatic carbocycles. The molecule has 34 heavy (non-hydrogen) atoms. The van der Waals surface area contributed by atoms with Crippen LogP contribution in [0.15, 0.2) is 36.8 Å². The highest BCUT2D eigenvalue weighted by Crippen LogP contribution is 2.26. The van der Waals surface area contributed by atoms with Crippen molar-refractivity contribution in [1.29, 1.82) is 0 Å². The van der Waals surface area contributed by atoms with Crippen LogP contribution >= 0.6 is 11.6 Å². The molecule has 11 nitrogen and oxygen atoms in total. The number of nitrogens with one attached hydrogen (secondary N) is 2. The summed E-state index contributed by atoms with van der Waals surface area (Å²) in [5, 5.41) is 5.24. The summed E-state index contributed by atoms with van der Waals surface area (Å²) in [4.78, 5) is 36.9. The molecule has 13 heteroatoms. The Morgan fingerprint density at radius 2 is 1.88 bits per heavy atom. The van der Waals surface area contributed by atoms with Gasteiger partial charge in [0.25, 0.3) is 5.91 Å². The number of carbonyl (C=O) groups is 2. The van der Waals surface area contributed by atoms with Crippen LogP contribution in [0.2, 0.25) is 5.02 Å². The number of pyridine rings is 1. The van der Waals surface area contributed by atoms with Gasteiger partial charge < -0.3 is 10.1 Å². The van der Waals surface area contributed by atoms with Gasteiger partial charge >= 0.3 is 6.03 Å². The summed E-state index contributed by atoms with van der Waals surface area (Å²) in [5.74, 6) is -0.140. The SMILES string of the molecule is O=C1NC(=O)[C@@](CCCc2ncccn2)(CS(=O)(=O)N2CCC(Oc3ccc(Cl)cn3)CC2)N1. The molecule has 0 saturated carbocycles. The molecule has 2 aliphatic heterocycles. The van der Waals surface area contributed by atoms with Crippen LogP contribution in [0, 0.1) is 0 Å². The van der Waals surface area contributed by atoms with E-state index >= 15 is 0 Å². The lowest BCUT2D eigenvalue weighted by Crippen LogP contribution is -2.55. The first-order valence-corrected chi connectivity index (χ1v) is 12.9. The monoisotopic (exact) mass is 508 g/mol. The zero-order chi connectivity index (χ0) is 24.2. The van der Waals surface area contributed by atoms with Crippen molar-refractivity contribution >= 4 is 33.6 Å². The smallest absolute Gasteiger partial charge is 0.322 e. The Morgan fingerprint density at radius 1 is 1.15 bits per heavy atom. The lowest BCUT2D eigenvalue weighted by molar-refractivity contribution is -0.123. The summed E-state index contributed by atoms with van der Waals surface area (Å²) in [6, 6.07) is 4.34. The van der Waals surface area contributed by atoms with Crippen LogP contribution in [0.3, 0.4) is 0 Å². The largest absolute Gasteiger partial charge is 0.474 e. The van der Waals surface area contributed by atoms with Gasteiger partial charge in [-0.25, -0.2) is 32.5 Å². The first kappa shape index (κ1) is 24.3. The summed E-state index contributed by atoms with van der Waals surface area (Å²) in [6.45, 7) is 0.480. The number of hydrogen-bond donors (Lipinski definition) is 2. The Morgan fingerprint density at radius 3 is 2.50 bits per heavy atom. The fourth-order valence-electron chi connectivity index (χ4n) is 4.12. The highest BCUT2D eigenvalue weighted by atomic mass is 35.5. The molecule has 2 fully saturated rings. The van der Waals surface area contributed by atoms with Gasteiger partial charge in [-0.1, -0.05) is 11.6 Å². The van der Waals surface area contributed by atoms with E-state index in [9.17, 15) is 18.0 Å². The standard InChI is InChI=1S/C21H25ClN6O5S/c22-15-4-5-18(25-13-15)33-16-6-11-28(12-7-16)34(31,32)14-21(19(29)26-20(30)27-21)8-1-3-17-23-9-2-10-24-17/h2,4-5,9-10,13,16H,1,3,6-8,11-12,14H2,(H2,26,27,29,30)/t21-/m1/s1. The summed E-state index contributed by atoms with van der Waals surface area (Å²) >= 11 is 5.83. The molecule has 4 heterocycles. The van der Waals surface area contributed by atoms with E-state index in [0.29, 0.717) is 42.4 Å². The summed E-state index contributed by atoms with van der Waals surface area (Å²) < 4.78 is 33.6. The second-order valence-electron chi connectivity index (χ2n) is 8.30. The van der Waals surface area contributed by atoms with Gasteiger partial charge in [0, 0.05) is 44.2 Å². The van der Waals surface area contributed by atoms with E-state index in [1.54, 1.807) is 30.6 Å². The van der Waals surface area contributed by atoms with Crippen LogP contribution in [-0.2, 0) is 21.2 Å². The van der Waals surface area contributed by atoms with E-state index in [4.69, 9.17) is 16.3 Å². The van der Waals surface area contributed by atoms with Gasteiger partial charge in [-0.2, -0.15) is 0 Å². The molecule has 0 unspecified atom stereocenters. The number of carbonyl (C=O) groups excluding carboxylic acids is 2. The maximum absolute atomic E-state index is 13.2. The fourth-order valence-corrected chi connectivity index (χ4v) is 6.15. The summed E-state index contributed by atoms with van der Waals surface area (Å²) in [7, 11) is -3.84. The van der Waals surface area contributed by atoms with Crippen LogP contribution in [0.4, 0.5) is 4.79 Å². The number of rotatable bonds is 9. The van der Waals surface area contributed by atoms with E-state index in [2.05, 4.69) is 25.6 Å². The van der Waals surface area contributed by atoms with Gasteiger partial charge in [0.1, 0.15) is 17.5 Å². The topological polar surface area (TPSA) is 143 Å². The number of amides is 3. The number of hydrogen-bond acceptors (Lipinski definition) is 8. The van der Waals surface area contributed by atoms with Crippen molar-refractivity contribution in [1.82, 2.24) is 29.9 Å². The molecule has 182 valence electrons. The first-order chi connectivity index (χ1) is 16.3. The van der Waals surface area contributed by atoms with Crippen molar-refractivity contribution in [2.45, 2.75) is 43.7 Å². The van der Waals surface area contributed by atoms with Crippen molar-refractivity contribution < 1.29 is 22.7 Å². The van der Waals surface area contributed by atoms with Gasteiger partial charge in [-0.05, 0) is 37.8 Å². The van der Waals surface area contributed by atoms with Gasteiger partial charge in [0.2, 0.25) is 15.9 Å². The Labute approximate surface area is 202 Å². The minimum Gasteiger partial charge on any atom is -0.474 e. The molecule has 3 amide bonds. The third-order valence-electron chi connectivity index (χ3n) is 5.85. The Bertz CT molecular complexity index is 1130. The molecule has 0 bridgehead atoms. The molecule has 2 aromatic heterocycles. The molecular weight excluding hydrogens is 484 g/mol. The zero-order valence-corrected chi connectivity index (χ0v) is 19.9. The lowest BCUT2D eigenvalue weighted by Gasteiger charge is -2.34. The minimum atomic E-state index is -3.84. The Kier molecular flexibility index (Phi) is 7.29. The molecular formula is C21H25ClN6O5S. The quantitative estimate of drug-likeness (QED) is 0.482. The number of ether oxygens (including phenoxy) is 1. The molecule has 4 rings (SSSR count). The van der Waals surface area contributed by atoms with Crippen LogP contribution in [0.5, 0.6) is 5.88 Å². The molecule has 0 aromatic carbocycles. The predicted octanol–water partition coefficient (Wildman–Crippen LogP) is 1.30. The number of halogens is 1. The van der Waals surface area contributed by atoms with Crippen LogP contribution in [-0.4, -0.2) is 70.1 Å². The molecule has 2 aliphatic rings. The third-order valence-corrected chi connectivity index (χ3v) is 8.08. The van der Waals surface area contributed by atoms with Crippen LogP contribution in [0.1, 0.15) is 31.5 Å². The van der Waals surface area contributed by atoms with E-state index < -0.39 is 33.3 Å². The molecule has 0 spiro atoms. The highest BCUT2D eigenvalue weighted by Gasteiger charge is 2.50. The molecule has 2 saturated heterocycles. The van der Waals surface area contributed by atoms with Crippen molar-refractivity contribution in [3.05, 3.63) is 47.6 Å². The average molecular weight is 509 g/mol.